The van der Waals surface area contributed by atoms with E-state index in [2.05, 4.69) is 10.1 Å². The zero-order valence-electron chi connectivity index (χ0n) is 15.2. The van der Waals surface area contributed by atoms with Crippen molar-refractivity contribution in [3.8, 4) is 5.75 Å². The Kier molecular flexibility index (Phi) is 8.84. The lowest BCUT2D eigenvalue weighted by Gasteiger charge is -2.22. The monoisotopic (exact) mass is 377 g/mol. The summed E-state index contributed by atoms with van der Waals surface area (Å²) in [6.07, 6.45) is -0.702. The Balaban J connectivity index is 2.82. The van der Waals surface area contributed by atoms with Crippen molar-refractivity contribution in [2.75, 3.05) is 0 Å². The summed E-state index contributed by atoms with van der Waals surface area (Å²) in [6, 6.07) is 4.95. The highest BCUT2D eigenvalue weighted by atomic mass is 16.5. The van der Waals surface area contributed by atoms with Crippen molar-refractivity contribution in [1.82, 2.24) is 5.32 Å². The van der Waals surface area contributed by atoms with Crippen LogP contribution in [-0.4, -0.2) is 57.1 Å². The largest absolute Gasteiger partial charge is 0.508 e. The Morgan fingerprint density at radius 1 is 1.26 bits per heavy atom. The van der Waals surface area contributed by atoms with E-state index in [-0.39, 0.29) is 31.1 Å². The first-order valence-electron chi connectivity index (χ1n) is 8.39. The van der Waals surface area contributed by atoms with Gasteiger partial charge in [0.15, 0.2) is 0 Å². The number of rotatable bonds is 11. The number of nitrogens with one attached hydrogen (secondary N) is 1. The number of hydrogen-bond acceptors (Lipinski definition) is 5. The van der Waals surface area contributed by atoms with Gasteiger partial charge in [0.2, 0.25) is 11.7 Å². The van der Waals surface area contributed by atoms with Gasteiger partial charge in [-0.1, -0.05) is 12.1 Å². The number of carboxylic acids is 1. The normalized spacial score (nSPS) is 12.7. The maximum atomic E-state index is 12.5. The first-order chi connectivity index (χ1) is 12.7. The highest BCUT2D eigenvalue weighted by Crippen LogP contribution is 2.14. The summed E-state index contributed by atoms with van der Waals surface area (Å²) >= 11 is 0. The van der Waals surface area contributed by atoms with E-state index in [0.29, 0.717) is 6.21 Å². The van der Waals surface area contributed by atoms with Gasteiger partial charge in [0.1, 0.15) is 17.9 Å². The Hall–Kier alpha value is -3.03. The van der Waals surface area contributed by atoms with Gasteiger partial charge in [-0.15, -0.1) is 0 Å². The molecule has 3 N–H and O–H groups in total. The predicted octanol–water partition coefficient (Wildman–Crippen LogP) is 0.948. The van der Waals surface area contributed by atoms with Crippen molar-refractivity contribution in [2.45, 2.75) is 51.4 Å². The van der Waals surface area contributed by atoms with E-state index < -0.39 is 29.8 Å². The quantitative estimate of drug-likeness (QED) is 0.297. The first kappa shape index (κ1) is 22.0. The van der Waals surface area contributed by atoms with Crippen LogP contribution < -0.4 is 5.32 Å². The molecule has 0 aromatic heterocycles. The maximum absolute atomic E-state index is 12.5. The van der Waals surface area contributed by atoms with Gasteiger partial charge in [0, 0.05) is 12.8 Å². The minimum absolute atomic E-state index is 0.0894. The molecule has 27 heavy (non-hydrogen) atoms. The zero-order valence-corrected chi connectivity index (χ0v) is 15.2. The molecule has 0 saturated carbocycles. The lowest BCUT2D eigenvalue weighted by Crippen LogP contribution is -2.47. The number of nitrogens with zero attached hydrogens (tertiary/aromatic N) is 2. The van der Waals surface area contributed by atoms with Crippen molar-refractivity contribution in [3.63, 3.8) is 0 Å². The topological polar surface area (TPSA) is 149 Å². The van der Waals surface area contributed by atoms with Crippen molar-refractivity contribution in [2.24, 2.45) is 0 Å². The molecular weight excluding hydrogens is 354 g/mol. The number of phenolic OH excluding ortho intramolecular Hbond substituents is 1. The highest BCUT2D eigenvalue weighted by molar-refractivity contribution is 6.25. The molecule has 0 spiro atoms. The van der Waals surface area contributed by atoms with Gasteiger partial charge in [-0.25, -0.2) is 4.79 Å². The van der Waals surface area contributed by atoms with Gasteiger partial charge in [-0.2, -0.15) is 4.79 Å². The van der Waals surface area contributed by atoms with E-state index >= 15 is 0 Å². The van der Waals surface area contributed by atoms with Gasteiger partial charge in [0.05, 0.1) is 6.10 Å². The number of amides is 1. The zero-order chi connectivity index (χ0) is 20.4. The van der Waals surface area contributed by atoms with E-state index in [1.54, 1.807) is 26.0 Å². The number of aromatic hydroxyl groups is 1. The molecule has 0 saturated heterocycles. The number of hydrogen-bond donors (Lipinski definition) is 3. The van der Waals surface area contributed by atoms with Crippen LogP contribution in [0, 0.1) is 0 Å². The number of benzene rings is 1. The Morgan fingerprint density at radius 2 is 1.89 bits per heavy atom. The minimum atomic E-state index is -1.29. The number of Topliss-reactive ketones (excluding diaryl/α,β-unsaturated/α-hetero) is 1. The highest BCUT2D eigenvalue weighted by Gasteiger charge is 2.27. The molecule has 146 valence electrons. The lowest BCUT2D eigenvalue weighted by atomic mass is 10.1. The lowest BCUT2D eigenvalue weighted by molar-refractivity contribution is -0.145. The summed E-state index contributed by atoms with van der Waals surface area (Å²) in [5.74, 6) is -2.37. The van der Waals surface area contributed by atoms with Gasteiger partial charge >= 0.3 is 12.2 Å². The summed E-state index contributed by atoms with van der Waals surface area (Å²) in [5.41, 5.74) is 9.03. The van der Waals surface area contributed by atoms with Crippen LogP contribution in [-0.2, 0) is 25.5 Å². The molecule has 0 aliphatic carbocycles. The van der Waals surface area contributed by atoms with Crippen molar-refractivity contribution < 1.29 is 34.1 Å². The molecule has 0 aliphatic heterocycles. The number of aliphatic carboxylic acids is 1. The molecule has 1 rings (SSSR count). The van der Waals surface area contributed by atoms with Crippen LogP contribution in [0.25, 0.3) is 5.53 Å². The minimum Gasteiger partial charge on any atom is -0.508 e. The average Bonchev–Trinajstić information content (AvgIpc) is 2.59. The fourth-order valence-corrected chi connectivity index (χ4v) is 2.31. The number of ketones is 1. The Labute approximate surface area is 156 Å². The van der Waals surface area contributed by atoms with Crippen LogP contribution in [0.1, 0.15) is 32.3 Å². The van der Waals surface area contributed by atoms with Crippen LogP contribution in [0.4, 0.5) is 0 Å². The third-order valence-corrected chi connectivity index (χ3v) is 3.58. The van der Waals surface area contributed by atoms with E-state index in [9.17, 15) is 24.6 Å². The Morgan fingerprint density at radius 3 is 2.41 bits per heavy atom. The third kappa shape index (κ3) is 8.26. The second-order valence-corrected chi connectivity index (χ2v) is 6.19. The fraction of sp³-hybridized carbons (Fsp3) is 0.444. The van der Waals surface area contributed by atoms with Crippen LogP contribution in [0.5, 0.6) is 5.75 Å². The molecule has 2 atom stereocenters. The van der Waals surface area contributed by atoms with Crippen LogP contribution >= 0.6 is 0 Å². The Bertz CT molecular complexity index is 710. The van der Waals surface area contributed by atoms with E-state index in [1.165, 1.54) is 12.1 Å². The molecule has 0 heterocycles. The summed E-state index contributed by atoms with van der Waals surface area (Å²) in [4.78, 5) is 37.8. The second kappa shape index (κ2) is 10.8. The molecule has 1 amide bonds. The fourth-order valence-electron chi connectivity index (χ4n) is 2.31. The average molecular weight is 377 g/mol. The summed E-state index contributed by atoms with van der Waals surface area (Å²) in [5, 5.41) is 21.0. The molecule has 0 radical (unpaired) electrons. The molecule has 0 fully saturated rings. The SMILES string of the molecule is CC(C)OC(Cc1ccc(O)cc1)C(=O)NC(CCC(=O)C=[N+]=[N-])C(=O)O. The molecular formula is C18H23N3O6. The number of ether oxygens (including phenoxy) is 1. The summed E-state index contributed by atoms with van der Waals surface area (Å²) in [6.45, 7) is 3.50. The molecule has 0 aliphatic rings. The third-order valence-electron chi connectivity index (χ3n) is 3.58. The van der Waals surface area contributed by atoms with Crippen molar-refractivity contribution in [3.05, 3.63) is 35.4 Å². The van der Waals surface area contributed by atoms with Crippen LogP contribution in [0.3, 0.4) is 0 Å². The molecule has 0 bridgehead atoms. The maximum Gasteiger partial charge on any atom is 0.326 e. The molecule has 2 unspecified atom stereocenters. The van der Waals surface area contributed by atoms with Gasteiger partial charge in [-0.05, 0) is 38.0 Å². The number of carbonyl (C=O) groups excluding carboxylic acids is 2. The van der Waals surface area contributed by atoms with Gasteiger partial charge in [0.25, 0.3) is 0 Å². The van der Waals surface area contributed by atoms with Crippen LogP contribution in [0.15, 0.2) is 24.3 Å². The summed E-state index contributed by atoms with van der Waals surface area (Å²) in [7, 11) is 0. The predicted molar refractivity (Wildman–Crippen MR) is 95.3 cm³/mol. The van der Waals surface area contributed by atoms with Crippen molar-refractivity contribution in [1.29, 1.82) is 0 Å². The number of carboxylic acid groups (broad SMARTS) is 1. The molecule has 1 aromatic carbocycles. The number of phenols is 1. The van der Waals surface area contributed by atoms with Gasteiger partial charge < -0.3 is 25.8 Å². The molecule has 9 nitrogen and oxygen atoms in total. The van der Waals surface area contributed by atoms with E-state index in [4.69, 9.17) is 10.3 Å². The van der Waals surface area contributed by atoms with Crippen LogP contribution in [0.2, 0.25) is 0 Å². The number of carbonyl (C=O) groups is 3. The van der Waals surface area contributed by atoms with Crippen molar-refractivity contribution >= 4 is 23.9 Å². The summed E-state index contributed by atoms with van der Waals surface area (Å²) < 4.78 is 5.60. The molecule has 9 heteroatoms. The molecule has 1 aromatic rings. The standard InChI is InChI=1S/C18H23N3O6/c1-11(2)27-16(9-12-3-5-13(22)6-4-12)17(24)21-15(18(25)26)8-7-14(23)10-20-19/h3-6,10-11,15-16,22H,7-9H2,1-2H3,(H,21,24)(H,25,26). The second-order valence-electron chi connectivity index (χ2n) is 6.19. The van der Waals surface area contributed by atoms with E-state index in [1.807, 2.05) is 0 Å². The first-order valence-corrected chi connectivity index (χ1v) is 8.39. The van der Waals surface area contributed by atoms with Gasteiger partial charge in [-0.3, -0.25) is 9.59 Å². The smallest absolute Gasteiger partial charge is 0.326 e. The van der Waals surface area contributed by atoms with E-state index in [0.717, 1.165) is 5.56 Å².